The molecule has 1 aliphatic rings. The van der Waals surface area contributed by atoms with E-state index in [9.17, 15) is 4.79 Å². The molecular formula is C24H21N3O3. The van der Waals surface area contributed by atoms with Gasteiger partial charge in [-0.15, -0.1) is 0 Å². The zero-order chi connectivity index (χ0) is 20.9. The first-order chi connectivity index (χ1) is 14.7. The van der Waals surface area contributed by atoms with E-state index in [4.69, 9.17) is 15.2 Å². The second-order valence-corrected chi connectivity index (χ2v) is 6.81. The molecule has 0 saturated carbocycles. The molecule has 0 saturated heterocycles. The van der Waals surface area contributed by atoms with Crippen LogP contribution in [-0.2, 0) is 4.74 Å². The van der Waals surface area contributed by atoms with Gasteiger partial charge in [-0.25, -0.2) is 9.78 Å². The van der Waals surface area contributed by atoms with Crippen LogP contribution >= 0.6 is 0 Å². The van der Waals surface area contributed by atoms with Crippen molar-refractivity contribution in [3.8, 4) is 28.8 Å². The highest BCUT2D eigenvalue weighted by Gasteiger charge is 2.28. The number of carbonyl (C=O) groups excluding carboxylic acids is 1. The minimum atomic E-state index is -0.510. The van der Waals surface area contributed by atoms with Gasteiger partial charge in [0, 0.05) is 5.92 Å². The Morgan fingerprint density at radius 3 is 2.47 bits per heavy atom. The number of ether oxygens (including phenoxy) is 2. The molecule has 3 aromatic rings. The Morgan fingerprint density at radius 2 is 1.80 bits per heavy atom. The number of hydrogen-bond donors (Lipinski definition) is 2. The molecule has 0 aliphatic heterocycles. The zero-order valence-electron chi connectivity index (χ0n) is 16.5. The fraction of sp³-hybridized carbons (Fsp3) is 0.167. The predicted molar refractivity (Wildman–Crippen MR) is 115 cm³/mol. The number of alkyl carbamates (subject to hydrolysis) is 1. The van der Waals surface area contributed by atoms with Crippen LogP contribution in [0.4, 0.5) is 10.5 Å². The Balaban J connectivity index is 1.36. The van der Waals surface area contributed by atoms with Crippen LogP contribution in [0.5, 0.6) is 5.88 Å². The number of carbonyl (C=O) groups is 1. The van der Waals surface area contributed by atoms with Gasteiger partial charge < -0.3 is 20.5 Å². The molecule has 0 radical (unpaired) electrons. The standard InChI is InChI=1S/C24H21N3O3/c1-29-23-16(13-17(25)14-27-23)7-6-12-26-24(28)30-15-22-20-10-4-2-8-18(20)19-9-3-5-11-21(19)22/h2-5,8-11,13-14,22H,12,15,25H2,1H3,(H,26,28). The minimum absolute atomic E-state index is 0.0249. The summed E-state index contributed by atoms with van der Waals surface area (Å²) in [6.45, 7) is 0.398. The van der Waals surface area contributed by atoms with E-state index in [1.54, 1.807) is 6.07 Å². The molecule has 2 aromatic carbocycles. The lowest BCUT2D eigenvalue weighted by molar-refractivity contribution is 0.144. The molecule has 4 rings (SSSR count). The summed E-state index contributed by atoms with van der Waals surface area (Å²) in [4.78, 5) is 16.2. The Labute approximate surface area is 175 Å². The highest BCUT2D eigenvalue weighted by Crippen LogP contribution is 2.44. The van der Waals surface area contributed by atoms with Gasteiger partial charge in [-0.05, 0) is 28.3 Å². The largest absolute Gasteiger partial charge is 0.480 e. The number of aromatic nitrogens is 1. The summed E-state index contributed by atoms with van der Waals surface area (Å²) >= 11 is 0. The Morgan fingerprint density at radius 1 is 1.13 bits per heavy atom. The molecule has 0 spiro atoms. The number of nitrogens with one attached hydrogen (secondary N) is 1. The fourth-order valence-electron chi connectivity index (χ4n) is 3.63. The fourth-order valence-corrected chi connectivity index (χ4v) is 3.63. The van der Waals surface area contributed by atoms with Crippen molar-refractivity contribution < 1.29 is 14.3 Å². The lowest BCUT2D eigenvalue weighted by Crippen LogP contribution is -2.26. The zero-order valence-corrected chi connectivity index (χ0v) is 16.5. The van der Waals surface area contributed by atoms with E-state index in [1.807, 2.05) is 24.3 Å². The molecule has 1 amide bonds. The van der Waals surface area contributed by atoms with E-state index in [1.165, 1.54) is 35.6 Å². The average molecular weight is 399 g/mol. The molecular weight excluding hydrogens is 378 g/mol. The highest BCUT2D eigenvalue weighted by atomic mass is 16.5. The second-order valence-electron chi connectivity index (χ2n) is 6.81. The number of nitrogens with zero attached hydrogens (tertiary/aromatic N) is 1. The molecule has 3 N–H and O–H groups in total. The number of hydrogen-bond acceptors (Lipinski definition) is 5. The normalized spacial score (nSPS) is 11.6. The second kappa shape index (κ2) is 8.58. The minimum Gasteiger partial charge on any atom is -0.480 e. The summed E-state index contributed by atoms with van der Waals surface area (Å²) in [5, 5.41) is 2.65. The van der Waals surface area contributed by atoms with Crippen molar-refractivity contribution in [2.45, 2.75) is 5.92 Å². The number of rotatable bonds is 4. The van der Waals surface area contributed by atoms with Crippen LogP contribution in [0.3, 0.4) is 0 Å². The maximum absolute atomic E-state index is 12.2. The number of benzene rings is 2. The van der Waals surface area contributed by atoms with Crippen molar-refractivity contribution in [3.05, 3.63) is 77.5 Å². The van der Waals surface area contributed by atoms with Crippen LogP contribution in [0.1, 0.15) is 22.6 Å². The molecule has 1 aliphatic carbocycles. The first-order valence-corrected chi connectivity index (χ1v) is 9.54. The Kier molecular flexibility index (Phi) is 5.53. The Bertz CT molecular complexity index is 1100. The maximum Gasteiger partial charge on any atom is 0.407 e. The molecule has 1 heterocycles. The molecule has 30 heavy (non-hydrogen) atoms. The van der Waals surface area contributed by atoms with E-state index < -0.39 is 6.09 Å². The van der Waals surface area contributed by atoms with Gasteiger partial charge in [-0.3, -0.25) is 0 Å². The first-order valence-electron chi connectivity index (χ1n) is 9.54. The number of nitrogen functional groups attached to an aromatic ring is 1. The third-order valence-corrected chi connectivity index (χ3v) is 4.95. The summed E-state index contributed by atoms with van der Waals surface area (Å²) in [6.07, 6.45) is 0.989. The number of anilines is 1. The molecule has 0 fully saturated rings. The monoisotopic (exact) mass is 399 g/mol. The molecule has 0 bridgehead atoms. The van der Waals surface area contributed by atoms with Crippen molar-refractivity contribution >= 4 is 11.8 Å². The number of amides is 1. The number of nitrogens with two attached hydrogens (primary N) is 1. The van der Waals surface area contributed by atoms with E-state index >= 15 is 0 Å². The molecule has 0 unspecified atom stereocenters. The quantitative estimate of drug-likeness (QED) is 0.655. The van der Waals surface area contributed by atoms with Crippen molar-refractivity contribution in [1.29, 1.82) is 0 Å². The Hall–Kier alpha value is -3.98. The van der Waals surface area contributed by atoms with Gasteiger partial charge in [0.1, 0.15) is 6.61 Å². The summed E-state index contributed by atoms with van der Waals surface area (Å²) in [5.74, 6) is 6.16. The first kappa shape index (κ1) is 19.3. The SMILES string of the molecule is COc1ncc(N)cc1C#CCNC(=O)OCC1c2ccccc2-c2ccccc21. The van der Waals surface area contributed by atoms with Crippen LogP contribution in [0.2, 0.25) is 0 Å². The number of pyridine rings is 1. The van der Waals surface area contributed by atoms with Crippen LogP contribution in [0.15, 0.2) is 60.8 Å². The third-order valence-electron chi connectivity index (χ3n) is 4.95. The summed E-state index contributed by atoms with van der Waals surface area (Å²) in [5.41, 5.74) is 11.5. The summed E-state index contributed by atoms with van der Waals surface area (Å²) in [7, 11) is 1.51. The summed E-state index contributed by atoms with van der Waals surface area (Å²) in [6, 6.07) is 18.1. The van der Waals surface area contributed by atoms with Gasteiger partial charge in [0.25, 0.3) is 0 Å². The van der Waals surface area contributed by atoms with Gasteiger partial charge >= 0.3 is 6.09 Å². The van der Waals surface area contributed by atoms with Gasteiger partial charge in [-0.2, -0.15) is 0 Å². The lowest BCUT2D eigenvalue weighted by atomic mass is 9.98. The van der Waals surface area contributed by atoms with Crippen molar-refractivity contribution in [3.63, 3.8) is 0 Å². The van der Waals surface area contributed by atoms with Gasteiger partial charge in [0.05, 0.1) is 31.1 Å². The maximum atomic E-state index is 12.2. The molecule has 150 valence electrons. The van der Waals surface area contributed by atoms with Gasteiger partial charge in [-0.1, -0.05) is 60.4 Å². The van der Waals surface area contributed by atoms with Crippen molar-refractivity contribution in [1.82, 2.24) is 10.3 Å². The topological polar surface area (TPSA) is 86.5 Å². The third kappa shape index (κ3) is 3.91. The van der Waals surface area contributed by atoms with Crippen LogP contribution in [0, 0.1) is 11.8 Å². The van der Waals surface area contributed by atoms with E-state index in [0.29, 0.717) is 17.1 Å². The van der Waals surface area contributed by atoms with Crippen LogP contribution in [0.25, 0.3) is 11.1 Å². The van der Waals surface area contributed by atoms with E-state index in [-0.39, 0.29) is 19.1 Å². The smallest absolute Gasteiger partial charge is 0.407 e. The number of methoxy groups -OCH3 is 1. The van der Waals surface area contributed by atoms with E-state index in [2.05, 4.69) is 46.4 Å². The average Bonchev–Trinajstić information content (AvgIpc) is 3.09. The molecule has 6 nitrogen and oxygen atoms in total. The molecule has 6 heteroatoms. The van der Waals surface area contributed by atoms with E-state index in [0.717, 1.165) is 0 Å². The summed E-state index contributed by atoms with van der Waals surface area (Å²) < 4.78 is 10.6. The molecule has 1 aromatic heterocycles. The predicted octanol–water partition coefficient (Wildman–Crippen LogP) is 3.56. The molecule has 0 atom stereocenters. The highest BCUT2D eigenvalue weighted by molar-refractivity contribution is 5.79. The number of fused-ring (bicyclic) bond motifs is 3. The van der Waals surface area contributed by atoms with Crippen LogP contribution in [-0.4, -0.2) is 31.3 Å². The van der Waals surface area contributed by atoms with Crippen molar-refractivity contribution in [2.24, 2.45) is 0 Å². The van der Waals surface area contributed by atoms with Gasteiger partial charge in [0.2, 0.25) is 5.88 Å². The lowest BCUT2D eigenvalue weighted by Gasteiger charge is -2.14. The van der Waals surface area contributed by atoms with Crippen molar-refractivity contribution in [2.75, 3.05) is 26.0 Å². The van der Waals surface area contributed by atoms with Gasteiger partial charge in [0.15, 0.2) is 0 Å². The van der Waals surface area contributed by atoms with Crippen LogP contribution < -0.4 is 15.8 Å².